The third-order valence-electron chi connectivity index (χ3n) is 2.66. The van der Waals surface area contributed by atoms with Gasteiger partial charge in [0.05, 0.1) is 16.8 Å². The first-order valence-corrected chi connectivity index (χ1v) is 7.10. The van der Waals surface area contributed by atoms with Gasteiger partial charge in [0.1, 0.15) is 0 Å². The molecule has 5 heteroatoms. The molecule has 0 aromatic heterocycles. The largest absolute Gasteiger partial charge is 0.395 e. The maximum Gasteiger partial charge on any atom is 0.180 e. The molecule has 0 aliphatic carbocycles. The molecule has 0 fully saturated rings. The Kier molecular flexibility index (Phi) is 4.54. The van der Waals surface area contributed by atoms with Gasteiger partial charge in [0.2, 0.25) is 0 Å². The molecule has 0 amide bonds. The first kappa shape index (κ1) is 14.0. The summed E-state index contributed by atoms with van der Waals surface area (Å²) in [4.78, 5) is 2.21. The maximum absolute atomic E-state index is 11.9. The van der Waals surface area contributed by atoms with Gasteiger partial charge in [-0.1, -0.05) is 0 Å². The minimum absolute atomic E-state index is 0.0720. The van der Waals surface area contributed by atoms with E-state index >= 15 is 0 Å². The number of nitrogens with zero attached hydrogens (tertiary/aromatic N) is 1. The highest BCUT2D eigenvalue weighted by molar-refractivity contribution is 7.92. The van der Waals surface area contributed by atoms with Gasteiger partial charge in [-0.05, 0) is 38.1 Å². The van der Waals surface area contributed by atoms with Gasteiger partial charge in [-0.2, -0.15) is 0 Å². The average Bonchev–Trinajstić information content (AvgIpc) is 2.29. The maximum atomic E-state index is 11.9. The minimum atomic E-state index is -3.20. The highest BCUT2D eigenvalue weighted by atomic mass is 32.2. The highest BCUT2D eigenvalue weighted by Gasteiger charge is 2.18. The summed E-state index contributed by atoms with van der Waals surface area (Å²) in [6, 6.07) is 6.73. The van der Waals surface area contributed by atoms with E-state index in [1.165, 1.54) is 0 Å². The standard InChI is InChI=1S/C12H19NO3S/c1-10(2)17(15,16)12-6-4-11(5-7-12)13(3)8-9-14/h4-7,10,14H,8-9H2,1-3H3. The molecule has 0 atom stereocenters. The zero-order chi connectivity index (χ0) is 13.1. The first-order chi connectivity index (χ1) is 7.89. The molecule has 0 saturated carbocycles. The first-order valence-electron chi connectivity index (χ1n) is 5.55. The number of aliphatic hydroxyl groups is 1. The Hall–Kier alpha value is -1.07. The number of sulfone groups is 1. The second kappa shape index (κ2) is 5.51. The normalized spacial score (nSPS) is 11.8. The molecule has 0 saturated heterocycles. The van der Waals surface area contributed by atoms with E-state index in [1.54, 1.807) is 38.1 Å². The molecular formula is C12H19NO3S. The summed E-state index contributed by atoms with van der Waals surface area (Å²) < 4.78 is 23.8. The van der Waals surface area contributed by atoms with E-state index < -0.39 is 15.1 Å². The molecule has 0 spiro atoms. The lowest BCUT2D eigenvalue weighted by molar-refractivity contribution is 0.304. The van der Waals surface area contributed by atoms with E-state index in [0.29, 0.717) is 11.4 Å². The van der Waals surface area contributed by atoms with Crippen LogP contribution in [-0.2, 0) is 9.84 Å². The molecule has 0 heterocycles. The van der Waals surface area contributed by atoms with Crippen LogP contribution in [0.15, 0.2) is 29.2 Å². The van der Waals surface area contributed by atoms with Crippen LogP contribution < -0.4 is 4.90 Å². The van der Waals surface area contributed by atoms with Crippen molar-refractivity contribution in [3.05, 3.63) is 24.3 Å². The molecule has 96 valence electrons. The van der Waals surface area contributed by atoms with Crippen LogP contribution in [0.5, 0.6) is 0 Å². The van der Waals surface area contributed by atoms with Gasteiger partial charge in [-0.15, -0.1) is 0 Å². The summed E-state index contributed by atoms with van der Waals surface area (Å²) in [7, 11) is -1.35. The number of rotatable bonds is 5. The van der Waals surface area contributed by atoms with Crippen molar-refractivity contribution in [2.75, 3.05) is 25.1 Å². The monoisotopic (exact) mass is 257 g/mol. The van der Waals surface area contributed by atoms with Crippen LogP contribution in [0.25, 0.3) is 0 Å². The summed E-state index contributed by atoms with van der Waals surface area (Å²) in [5, 5.41) is 8.40. The Labute approximate surface area is 103 Å². The number of anilines is 1. The topological polar surface area (TPSA) is 57.6 Å². The molecule has 17 heavy (non-hydrogen) atoms. The van der Waals surface area contributed by atoms with Crippen LogP contribution in [0.1, 0.15) is 13.8 Å². The van der Waals surface area contributed by atoms with E-state index in [9.17, 15) is 8.42 Å². The zero-order valence-corrected chi connectivity index (χ0v) is 11.2. The number of aliphatic hydroxyl groups excluding tert-OH is 1. The van der Waals surface area contributed by atoms with E-state index in [2.05, 4.69) is 0 Å². The summed E-state index contributed by atoms with van der Waals surface area (Å²) in [6.07, 6.45) is 0. The summed E-state index contributed by atoms with van der Waals surface area (Å²) in [5.41, 5.74) is 0.891. The predicted octanol–water partition coefficient (Wildman–Crippen LogP) is 1.30. The number of hydrogen-bond donors (Lipinski definition) is 1. The molecule has 0 aliphatic heterocycles. The van der Waals surface area contributed by atoms with E-state index in [4.69, 9.17) is 5.11 Å². The van der Waals surface area contributed by atoms with Crippen molar-refractivity contribution in [3.63, 3.8) is 0 Å². The summed E-state index contributed by atoms with van der Waals surface area (Å²) in [5.74, 6) is 0. The van der Waals surface area contributed by atoms with Crippen molar-refractivity contribution >= 4 is 15.5 Å². The molecule has 1 aromatic rings. The molecule has 1 N–H and O–H groups in total. The van der Waals surface area contributed by atoms with Gasteiger partial charge in [0.15, 0.2) is 9.84 Å². The quantitative estimate of drug-likeness (QED) is 0.863. The van der Waals surface area contributed by atoms with Crippen LogP contribution in [0.4, 0.5) is 5.69 Å². The fourth-order valence-corrected chi connectivity index (χ4v) is 2.50. The number of likely N-dealkylation sites (N-methyl/N-ethyl adjacent to an activating group) is 1. The smallest absolute Gasteiger partial charge is 0.180 e. The van der Waals surface area contributed by atoms with Gasteiger partial charge in [0.25, 0.3) is 0 Å². The van der Waals surface area contributed by atoms with Crippen molar-refractivity contribution in [2.24, 2.45) is 0 Å². The van der Waals surface area contributed by atoms with Crippen LogP contribution >= 0.6 is 0 Å². The van der Waals surface area contributed by atoms with E-state index in [-0.39, 0.29) is 6.61 Å². The third-order valence-corrected chi connectivity index (χ3v) is 4.83. The van der Waals surface area contributed by atoms with Crippen molar-refractivity contribution < 1.29 is 13.5 Å². The Morgan fingerprint density at radius 2 is 1.76 bits per heavy atom. The highest BCUT2D eigenvalue weighted by Crippen LogP contribution is 2.20. The van der Waals surface area contributed by atoms with E-state index in [1.807, 2.05) is 11.9 Å². The fourth-order valence-electron chi connectivity index (χ4n) is 1.44. The van der Waals surface area contributed by atoms with Crippen LogP contribution in [0, 0.1) is 0 Å². The second-order valence-electron chi connectivity index (χ2n) is 4.23. The van der Waals surface area contributed by atoms with Gasteiger partial charge < -0.3 is 10.0 Å². The minimum Gasteiger partial charge on any atom is -0.395 e. The molecule has 1 rings (SSSR count). The summed E-state index contributed by atoms with van der Waals surface area (Å²) >= 11 is 0. The zero-order valence-electron chi connectivity index (χ0n) is 10.4. The van der Waals surface area contributed by atoms with Crippen LogP contribution in [0.2, 0.25) is 0 Å². The Morgan fingerprint density at radius 3 is 2.18 bits per heavy atom. The summed E-state index contributed by atoms with van der Waals surface area (Å²) in [6.45, 7) is 3.93. The van der Waals surface area contributed by atoms with Crippen molar-refractivity contribution in [2.45, 2.75) is 24.0 Å². The molecule has 4 nitrogen and oxygen atoms in total. The van der Waals surface area contributed by atoms with Crippen molar-refractivity contribution in [3.8, 4) is 0 Å². The molecule has 0 radical (unpaired) electrons. The lowest BCUT2D eigenvalue weighted by Gasteiger charge is -2.18. The van der Waals surface area contributed by atoms with Gasteiger partial charge in [-0.25, -0.2) is 8.42 Å². The average molecular weight is 257 g/mol. The molecular weight excluding hydrogens is 238 g/mol. The van der Waals surface area contributed by atoms with Gasteiger partial charge in [-0.3, -0.25) is 0 Å². The Morgan fingerprint density at radius 1 is 1.24 bits per heavy atom. The van der Waals surface area contributed by atoms with Gasteiger partial charge in [0, 0.05) is 19.3 Å². The lowest BCUT2D eigenvalue weighted by atomic mass is 10.3. The SMILES string of the molecule is CC(C)S(=O)(=O)c1ccc(N(C)CCO)cc1. The predicted molar refractivity (Wildman–Crippen MR) is 69.1 cm³/mol. The Bertz CT molecular complexity index is 451. The lowest BCUT2D eigenvalue weighted by Crippen LogP contribution is -2.21. The molecule has 0 aliphatic rings. The third kappa shape index (κ3) is 3.20. The number of hydrogen-bond acceptors (Lipinski definition) is 4. The molecule has 0 unspecified atom stereocenters. The number of benzene rings is 1. The fraction of sp³-hybridized carbons (Fsp3) is 0.500. The van der Waals surface area contributed by atoms with Crippen LogP contribution in [-0.4, -0.2) is 39.0 Å². The second-order valence-corrected chi connectivity index (χ2v) is 6.74. The van der Waals surface area contributed by atoms with Crippen molar-refractivity contribution in [1.82, 2.24) is 0 Å². The molecule has 1 aromatic carbocycles. The van der Waals surface area contributed by atoms with Gasteiger partial charge >= 0.3 is 0 Å². The van der Waals surface area contributed by atoms with Crippen molar-refractivity contribution in [1.29, 1.82) is 0 Å². The van der Waals surface area contributed by atoms with E-state index in [0.717, 1.165) is 5.69 Å². The Balaban J connectivity index is 2.96. The van der Waals surface area contributed by atoms with Crippen LogP contribution in [0.3, 0.4) is 0 Å². The molecule has 0 bridgehead atoms.